The van der Waals surface area contributed by atoms with Crippen LogP contribution in [-0.4, -0.2) is 32.4 Å². The van der Waals surface area contributed by atoms with Crippen LogP contribution in [0.4, 0.5) is 0 Å². The Labute approximate surface area is 117 Å². The Balaban J connectivity index is 2.29. The minimum atomic E-state index is 0.379. The molecule has 1 aromatic carbocycles. The molecule has 0 aromatic heterocycles. The van der Waals surface area contributed by atoms with Crippen molar-refractivity contribution in [3.63, 3.8) is 0 Å². The van der Waals surface area contributed by atoms with Crippen LogP contribution in [0.2, 0.25) is 0 Å². The number of rotatable bonds is 10. The van der Waals surface area contributed by atoms with Crippen molar-refractivity contribution in [1.29, 1.82) is 0 Å². The molecule has 0 fully saturated rings. The van der Waals surface area contributed by atoms with E-state index in [1.54, 1.807) is 0 Å². The van der Waals surface area contributed by atoms with Gasteiger partial charge in [0.1, 0.15) is 5.75 Å². The molecule has 0 aliphatic carbocycles. The zero-order chi connectivity index (χ0) is 13.9. The highest BCUT2D eigenvalue weighted by molar-refractivity contribution is 5.27. The summed E-state index contributed by atoms with van der Waals surface area (Å²) in [4.78, 5) is 0. The molecule has 1 rings (SSSR count). The van der Waals surface area contributed by atoms with Crippen molar-refractivity contribution >= 4 is 0 Å². The van der Waals surface area contributed by atoms with Crippen molar-refractivity contribution in [3.05, 3.63) is 29.8 Å². The molecule has 0 aliphatic heterocycles. The van der Waals surface area contributed by atoms with Crippen molar-refractivity contribution in [2.75, 3.05) is 26.4 Å². The van der Waals surface area contributed by atoms with Gasteiger partial charge in [0.2, 0.25) is 0 Å². The summed E-state index contributed by atoms with van der Waals surface area (Å²) < 4.78 is 11.3. The molecule has 19 heavy (non-hydrogen) atoms. The van der Waals surface area contributed by atoms with Crippen molar-refractivity contribution < 1.29 is 9.47 Å². The van der Waals surface area contributed by atoms with Crippen LogP contribution in [0.3, 0.4) is 0 Å². The second kappa shape index (κ2) is 9.82. The molecule has 0 aliphatic rings. The van der Waals surface area contributed by atoms with E-state index in [1.807, 2.05) is 19.1 Å². The summed E-state index contributed by atoms with van der Waals surface area (Å²) in [5.74, 6) is 0.950. The van der Waals surface area contributed by atoms with Gasteiger partial charge in [0.15, 0.2) is 0 Å². The molecular weight excluding hydrogens is 238 g/mol. The van der Waals surface area contributed by atoms with Crippen molar-refractivity contribution in [2.45, 2.75) is 39.7 Å². The summed E-state index contributed by atoms with van der Waals surface area (Å²) in [5.41, 5.74) is 1.23. The number of aryl methyl sites for hydroxylation is 1. The van der Waals surface area contributed by atoms with Crippen LogP contribution in [0, 0.1) is 6.92 Å². The van der Waals surface area contributed by atoms with Gasteiger partial charge in [-0.25, -0.2) is 0 Å². The van der Waals surface area contributed by atoms with Gasteiger partial charge in [-0.15, -0.1) is 0 Å². The maximum atomic E-state index is 5.78. The van der Waals surface area contributed by atoms with Crippen molar-refractivity contribution in [3.8, 4) is 5.75 Å². The second-order valence-electron chi connectivity index (χ2n) is 4.76. The highest BCUT2D eigenvalue weighted by Gasteiger charge is 2.07. The number of hydrogen-bond donors (Lipinski definition) is 1. The lowest BCUT2D eigenvalue weighted by Crippen LogP contribution is -2.35. The van der Waals surface area contributed by atoms with Gasteiger partial charge in [-0.3, -0.25) is 0 Å². The highest BCUT2D eigenvalue weighted by Crippen LogP contribution is 2.12. The summed E-state index contributed by atoms with van der Waals surface area (Å²) in [6, 6.07) is 8.55. The highest BCUT2D eigenvalue weighted by atomic mass is 16.5. The van der Waals surface area contributed by atoms with E-state index >= 15 is 0 Å². The van der Waals surface area contributed by atoms with E-state index in [0.29, 0.717) is 6.04 Å². The number of hydrogen-bond acceptors (Lipinski definition) is 3. The first-order valence-electron chi connectivity index (χ1n) is 7.26. The fourth-order valence-electron chi connectivity index (χ4n) is 1.88. The molecule has 0 amide bonds. The minimum Gasteiger partial charge on any atom is -0.494 e. The molecule has 1 unspecified atom stereocenters. The van der Waals surface area contributed by atoms with Crippen molar-refractivity contribution in [1.82, 2.24) is 5.32 Å². The van der Waals surface area contributed by atoms with Gasteiger partial charge in [-0.05, 0) is 50.9 Å². The Bertz CT molecular complexity index is 333. The van der Waals surface area contributed by atoms with Gasteiger partial charge in [0.25, 0.3) is 0 Å². The predicted molar refractivity (Wildman–Crippen MR) is 79.9 cm³/mol. The summed E-state index contributed by atoms with van der Waals surface area (Å²) >= 11 is 0. The predicted octanol–water partition coefficient (Wildman–Crippen LogP) is 3.17. The summed E-state index contributed by atoms with van der Waals surface area (Å²) in [5, 5.41) is 3.50. The van der Waals surface area contributed by atoms with Crippen LogP contribution in [0.15, 0.2) is 24.3 Å². The quantitative estimate of drug-likeness (QED) is 0.705. The lowest BCUT2D eigenvalue weighted by molar-refractivity contribution is 0.114. The molecule has 108 valence electrons. The van der Waals surface area contributed by atoms with E-state index in [-0.39, 0.29) is 0 Å². The van der Waals surface area contributed by atoms with Gasteiger partial charge in [0, 0.05) is 12.6 Å². The fraction of sp³-hybridized carbons (Fsp3) is 0.625. The Kier molecular flexibility index (Phi) is 8.26. The molecular formula is C16H27NO2. The van der Waals surface area contributed by atoms with E-state index in [4.69, 9.17) is 9.47 Å². The molecule has 0 spiro atoms. The maximum Gasteiger partial charge on any atom is 0.119 e. The average molecular weight is 265 g/mol. The minimum absolute atomic E-state index is 0.379. The number of benzene rings is 1. The van der Waals surface area contributed by atoms with E-state index in [0.717, 1.165) is 45.0 Å². The van der Waals surface area contributed by atoms with Crippen LogP contribution in [-0.2, 0) is 4.74 Å². The monoisotopic (exact) mass is 265 g/mol. The first-order valence-corrected chi connectivity index (χ1v) is 7.26. The molecule has 0 saturated heterocycles. The van der Waals surface area contributed by atoms with Crippen LogP contribution in [0.5, 0.6) is 5.75 Å². The number of nitrogens with one attached hydrogen (secondary N) is 1. The standard InChI is InChI=1S/C16H27NO2/c1-4-10-17-15(13-18-5-2)9-11-19-16-8-6-7-14(3)12-16/h6-8,12,15,17H,4-5,9-11,13H2,1-3H3. The largest absolute Gasteiger partial charge is 0.494 e. The van der Waals surface area contributed by atoms with E-state index < -0.39 is 0 Å². The molecule has 0 bridgehead atoms. The van der Waals surface area contributed by atoms with Crippen LogP contribution in [0.25, 0.3) is 0 Å². The first kappa shape index (κ1) is 16.0. The van der Waals surface area contributed by atoms with Gasteiger partial charge >= 0.3 is 0 Å². The molecule has 1 aromatic rings. The third-order valence-electron chi connectivity index (χ3n) is 2.93. The molecule has 1 N–H and O–H groups in total. The zero-order valence-electron chi connectivity index (χ0n) is 12.4. The Morgan fingerprint density at radius 3 is 2.79 bits per heavy atom. The van der Waals surface area contributed by atoms with E-state index in [9.17, 15) is 0 Å². The molecule has 3 heteroatoms. The lowest BCUT2D eigenvalue weighted by Gasteiger charge is -2.18. The van der Waals surface area contributed by atoms with E-state index in [2.05, 4.69) is 31.3 Å². The Hall–Kier alpha value is -1.06. The number of ether oxygens (including phenoxy) is 2. The maximum absolute atomic E-state index is 5.78. The normalized spacial score (nSPS) is 12.4. The second-order valence-corrected chi connectivity index (χ2v) is 4.76. The SMILES string of the molecule is CCCNC(CCOc1cccc(C)c1)COCC. The third-order valence-corrected chi connectivity index (χ3v) is 2.93. The fourth-order valence-corrected chi connectivity index (χ4v) is 1.88. The lowest BCUT2D eigenvalue weighted by atomic mass is 10.2. The van der Waals surface area contributed by atoms with Crippen LogP contribution < -0.4 is 10.1 Å². The zero-order valence-corrected chi connectivity index (χ0v) is 12.4. The van der Waals surface area contributed by atoms with Crippen molar-refractivity contribution in [2.24, 2.45) is 0 Å². The summed E-state index contributed by atoms with van der Waals surface area (Å²) in [7, 11) is 0. The Morgan fingerprint density at radius 1 is 1.26 bits per heavy atom. The smallest absolute Gasteiger partial charge is 0.119 e. The first-order chi connectivity index (χ1) is 9.26. The molecule has 3 nitrogen and oxygen atoms in total. The van der Waals surface area contributed by atoms with Gasteiger partial charge in [0.05, 0.1) is 13.2 Å². The van der Waals surface area contributed by atoms with E-state index in [1.165, 1.54) is 5.56 Å². The average Bonchev–Trinajstić information content (AvgIpc) is 2.41. The topological polar surface area (TPSA) is 30.5 Å². The summed E-state index contributed by atoms with van der Waals surface area (Å²) in [6.45, 7) is 9.55. The molecule has 0 radical (unpaired) electrons. The van der Waals surface area contributed by atoms with Gasteiger partial charge < -0.3 is 14.8 Å². The molecule has 1 atom stereocenters. The third kappa shape index (κ3) is 7.19. The van der Waals surface area contributed by atoms with Gasteiger partial charge in [-0.2, -0.15) is 0 Å². The molecule has 0 heterocycles. The summed E-state index contributed by atoms with van der Waals surface area (Å²) in [6.07, 6.45) is 2.11. The Morgan fingerprint density at radius 2 is 2.11 bits per heavy atom. The van der Waals surface area contributed by atoms with Crippen LogP contribution >= 0.6 is 0 Å². The molecule has 0 saturated carbocycles. The van der Waals surface area contributed by atoms with Gasteiger partial charge in [-0.1, -0.05) is 19.1 Å². The van der Waals surface area contributed by atoms with Crippen LogP contribution in [0.1, 0.15) is 32.3 Å².